The molecule has 0 aliphatic heterocycles. The predicted octanol–water partition coefficient (Wildman–Crippen LogP) is 3.22. The summed E-state index contributed by atoms with van der Waals surface area (Å²) in [5.74, 6) is -0.0760. The van der Waals surface area contributed by atoms with E-state index >= 15 is 0 Å². The van der Waals surface area contributed by atoms with Crippen molar-refractivity contribution in [1.29, 1.82) is 0 Å². The Hall–Kier alpha value is -1.88. The zero-order valence-corrected chi connectivity index (χ0v) is 12.9. The van der Waals surface area contributed by atoms with Gasteiger partial charge in [0.15, 0.2) is 0 Å². The van der Waals surface area contributed by atoms with Crippen LogP contribution >= 0.6 is 15.9 Å². The van der Waals surface area contributed by atoms with Crippen molar-refractivity contribution >= 4 is 27.5 Å². The number of fused-ring (bicyclic) bond motifs is 1. The largest absolute Gasteiger partial charge is 0.330 e. The van der Waals surface area contributed by atoms with Crippen molar-refractivity contribution in [3.05, 3.63) is 59.5 Å². The fourth-order valence-corrected chi connectivity index (χ4v) is 2.43. The molecule has 1 amide bonds. The molecule has 2 aromatic rings. The second-order valence-corrected chi connectivity index (χ2v) is 5.32. The van der Waals surface area contributed by atoms with Crippen LogP contribution in [0.4, 0.5) is 0 Å². The van der Waals surface area contributed by atoms with E-state index in [1.165, 1.54) is 0 Å². The van der Waals surface area contributed by atoms with Crippen LogP contribution in [0.5, 0.6) is 0 Å². The summed E-state index contributed by atoms with van der Waals surface area (Å²) in [7, 11) is 0. The van der Waals surface area contributed by atoms with Crippen LogP contribution in [0.1, 0.15) is 16.2 Å². The summed E-state index contributed by atoms with van der Waals surface area (Å²) in [4.78, 5) is 18.8. The third kappa shape index (κ3) is 2.67. The van der Waals surface area contributed by atoms with E-state index in [1.54, 1.807) is 21.5 Å². The summed E-state index contributed by atoms with van der Waals surface area (Å²) in [6.45, 7) is 10.2. The van der Waals surface area contributed by atoms with Gasteiger partial charge >= 0.3 is 0 Å². The Balaban J connectivity index is 2.52. The predicted molar refractivity (Wildman–Crippen MR) is 83.9 cm³/mol. The van der Waals surface area contributed by atoms with Gasteiger partial charge < -0.3 is 4.90 Å². The van der Waals surface area contributed by atoms with E-state index in [-0.39, 0.29) is 5.91 Å². The number of carbonyl (C=O) groups excluding carboxylic acids is 1. The number of aryl methyl sites for hydroxylation is 1. The highest BCUT2D eigenvalue weighted by atomic mass is 79.9. The van der Waals surface area contributed by atoms with E-state index in [0.29, 0.717) is 24.5 Å². The minimum Gasteiger partial charge on any atom is -0.330 e. The second kappa shape index (κ2) is 6.05. The molecule has 20 heavy (non-hydrogen) atoms. The normalized spacial score (nSPS) is 10.5. The lowest BCUT2D eigenvalue weighted by molar-refractivity contribution is 0.0783. The SMILES string of the molecule is C=CCN(CC=C)C(=O)c1c(C)nc2ccc(Br)cn12. The Bertz CT molecular complexity index is 665. The zero-order valence-electron chi connectivity index (χ0n) is 11.3. The van der Waals surface area contributed by atoms with Gasteiger partial charge in [0.05, 0.1) is 5.69 Å². The average molecular weight is 334 g/mol. The summed E-state index contributed by atoms with van der Waals surface area (Å²) in [6.07, 6.45) is 5.26. The fourth-order valence-electron chi connectivity index (χ4n) is 2.10. The Morgan fingerprint density at radius 2 is 2.05 bits per heavy atom. The first kappa shape index (κ1) is 14.5. The molecule has 0 bridgehead atoms. The minimum absolute atomic E-state index is 0.0760. The topological polar surface area (TPSA) is 37.6 Å². The summed E-state index contributed by atoms with van der Waals surface area (Å²) in [5.41, 5.74) is 2.04. The average Bonchev–Trinajstić information content (AvgIpc) is 2.73. The summed E-state index contributed by atoms with van der Waals surface area (Å²) < 4.78 is 2.71. The summed E-state index contributed by atoms with van der Waals surface area (Å²) in [5, 5.41) is 0. The van der Waals surface area contributed by atoms with Crippen molar-refractivity contribution in [1.82, 2.24) is 14.3 Å². The summed E-state index contributed by atoms with van der Waals surface area (Å²) >= 11 is 3.42. The first-order valence-electron chi connectivity index (χ1n) is 6.23. The first-order valence-corrected chi connectivity index (χ1v) is 7.03. The van der Waals surface area contributed by atoms with E-state index in [1.807, 2.05) is 25.3 Å². The molecule has 2 aromatic heterocycles. The van der Waals surface area contributed by atoms with Crippen LogP contribution in [0.15, 0.2) is 48.1 Å². The number of aromatic nitrogens is 2. The minimum atomic E-state index is -0.0760. The van der Waals surface area contributed by atoms with Gasteiger partial charge in [0.25, 0.3) is 5.91 Å². The van der Waals surface area contributed by atoms with Crippen LogP contribution in [0.25, 0.3) is 5.65 Å². The monoisotopic (exact) mass is 333 g/mol. The lowest BCUT2D eigenvalue weighted by Gasteiger charge is -2.19. The van der Waals surface area contributed by atoms with Crippen LogP contribution in [-0.2, 0) is 0 Å². The number of hydrogen-bond acceptors (Lipinski definition) is 2. The molecule has 0 atom stereocenters. The van der Waals surface area contributed by atoms with E-state index in [2.05, 4.69) is 34.1 Å². The van der Waals surface area contributed by atoms with Crippen LogP contribution in [0.2, 0.25) is 0 Å². The number of pyridine rings is 1. The molecule has 0 aliphatic carbocycles. The number of rotatable bonds is 5. The lowest BCUT2D eigenvalue weighted by Crippen LogP contribution is -2.32. The fraction of sp³-hybridized carbons (Fsp3) is 0.200. The Morgan fingerprint density at radius 3 is 2.65 bits per heavy atom. The van der Waals surface area contributed by atoms with E-state index in [9.17, 15) is 4.79 Å². The quantitative estimate of drug-likeness (QED) is 0.788. The number of amides is 1. The Labute approximate surface area is 126 Å². The van der Waals surface area contributed by atoms with E-state index in [4.69, 9.17) is 0 Å². The van der Waals surface area contributed by atoms with Crippen molar-refractivity contribution in [3.8, 4) is 0 Å². The lowest BCUT2D eigenvalue weighted by atomic mass is 10.3. The molecule has 0 radical (unpaired) electrons. The maximum atomic E-state index is 12.7. The molecule has 5 heteroatoms. The Morgan fingerprint density at radius 1 is 1.40 bits per heavy atom. The number of carbonyl (C=O) groups is 1. The van der Waals surface area contributed by atoms with Gasteiger partial charge in [-0.25, -0.2) is 4.98 Å². The standard InChI is InChI=1S/C15H16BrN3O/c1-4-8-18(9-5-2)15(20)14-11(3)17-13-7-6-12(16)10-19(13)14/h4-7,10H,1-2,8-9H2,3H3. The van der Waals surface area contributed by atoms with Crippen LogP contribution in [0, 0.1) is 6.92 Å². The molecular formula is C15H16BrN3O. The van der Waals surface area contributed by atoms with Gasteiger partial charge in [-0.05, 0) is 35.0 Å². The third-order valence-corrected chi connectivity index (χ3v) is 3.41. The van der Waals surface area contributed by atoms with Crippen molar-refractivity contribution in [2.45, 2.75) is 6.92 Å². The van der Waals surface area contributed by atoms with Crippen molar-refractivity contribution in [2.24, 2.45) is 0 Å². The summed E-state index contributed by atoms with van der Waals surface area (Å²) in [6, 6.07) is 3.78. The molecule has 0 fully saturated rings. The molecule has 104 valence electrons. The first-order chi connectivity index (χ1) is 9.58. The molecular weight excluding hydrogens is 318 g/mol. The van der Waals surface area contributed by atoms with Gasteiger partial charge in [-0.3, -0.25) is 9.20 Å². The molecule has 0 saturated heterocycles. The second-order valence-electron chi connectivity index (χ2n) is 4.41. The van der Waals surface area contributed by atoms with Gasteiger partial charge in [-0.1, -0.05) is 12.2 Å². The zero-order chi connectivity index (χ0) is 14.7. The molecule has 0 aromatic carbocycles. The van der Waals surface area contributed by atoms with Crippen LogP contribution < -0.4 is 0 Å². The molecule has 4 nitrogen and oxygen atoms in total. The maximum absolute atomic E-state index is 12.7. The van der Waals surface area contributed by atoms with Crippen LogP contribution in [-0.4, -0.2) is 33.3 Å². The molecule has 0 unspecified atom stereocenters. The Kier molecular flexibility index (Phi) is 4.39. The highest BCUT2D eigenvalue weighted by molar-refractivity contribution is 9.10. The number of halogens is 1. The van der Waals surface area contributed by atoms with E-state index in [0.717, 1.165) is 10.1 Å². The molecule has 0 aliphatic rings. The van der Waals surface area contributed by atoms with Gasteiger partial charge in [-0.15, -0.1) is 13.2 Å². The van der Waals surface area contributed by atoms with Gasteiger partial charge in [-0.2, -0.15) is 0 Å². The van der Waals surface area contributed by atoms with Gasteiger partial charge in [0.2, 0.25) is 0 Å². The highest BCUT2D eigenvalue weighted by Crippen LogP contribution is 2.18. The number of imidazole rings is 1. The smallest absolute Gasteiger partial charge is 0.273 e. The van der Waals surface area contributed by atoms with Gasteiger partial charge in [0.1, 0.15) is 11.3 Å². The number of hydrogen-bond donors (Lipinski definition) is 0. The molecule has 2 rings (SSSR count). The highest BCUT2D eigenvalue weighted by Gasteiger charge is 2.21. The van der Waals surface area contributed by atoms with Crippen LogP contribution in [0.3, 0.4) is 0 Å². The van der Waals surface area contributed by atoms with Gasteiger partial charge in [0, 0.05) is 23.8 Å². The maximum Gasteiger partial charge on any atom is 0.273 e. The number of nitrogens with zero attached hydrogens (tertiary/aromatic N) is 3. The van der Waals surface area contributed by atoms with Crippen molar-refractivity contribution in [2.75, 3.05) is 13.1 Å². The molecule has 0 saturated carbocycles. The van der Waals surface area contributed by atoms with Crippen molar-refractivity contribution in [3.63, 3.8) is 0 Å². The third-order valence-electron chi connectivity index (χ3n) is 2.95. The molecule has 0 N–H and O–H groups in total. The van der Waals surface area contributed by atoms with E-state index < -0.39 is 0 Å². The molecule has 2 heterocycles. The van der Waals surface area contributed by atoms with Crippen molar-refractivity contribution < 1.29 is 4.79 Å². The molecule has 0 spiro atoms.